The summed E-state index contributed by atoms with van der Waals surface area (Å²) in [5.41, 5.74) is 8.27. The second kappa shape index (κ2) is 7.45. The molecular weight excluding hydrogens is 375 g/mol. The van der Waals surface area contributed by atoms with Gasteiger partial charge in [0.05, 0.1) is 0 Å². The summed E-state index contributed by atoms with van der Waals surface area (Å²) in [5.74, 6) is 0.0741. The van der Waals surface area contributed by atoms with E-state index in [0.29, 0.717) is 6.54 Å². The Hall–Kier alpha value is -1.56. The summed E-state index contributed by atoms with van der Waals surface area (Å²) in [4.78, 5) is 14.5. The Kier molecular flexibility index (Phi) is 5.61. The average Bonchev–Trinajstić information content (AvgIpc) is 2.49. The van der Waals surface area contributed by atoms with Gasteiger partial charge in [-0.1, -0.05) is 19.1 Å². The molecule has 0 atom stereocenters. The molecule has 2 rings (SSSR count). The quantitative estimate of drug-likeness (QED) is 0.617. The maximum atomic E-state index is 12.6. The summed E-state index contributed by atoms with van der Waals surface area (Å²) in [6.45, 7) is 3.44. The van der Waals surface area contributed by atoms with Crippen molar-refractivity contribution in [1.29, 1.82) is 0 Å². The molecule has 0 spiro atoms. The van der Waals surface area contributed by atoms with Crippen LogP contribution in [0, 0.1) is 3.57 Å². The highest BCUT2D eigenvalue weighted by molar-refractivity contribution is 14.1. The lowest BCUT2D eigenvalue weighted by atomic mass is 10.1. The van der Waals surface area contributed by atoms with E-state index in [0.717, 1.165) is 33.4 Å². The van der Waals surface area contributed by atoms with Crippen LogP contribution in [0.3, 0.4) is 0 Å². The third-order valence-electron chi connectivity index (χ3n) is 3.23. The van der Waals surface area contributed by atoms with Crippen molar-refractivity contribution in [3.05, 3.63) is 63.2 Å². The number of anilines is 1. The monoisotopic (exact) mass is 394 g/mol. The van der Waals surface area contributed by atoms with Crippen LogP contribution in [0.2, 0.25) is 0 Å². The van der Waals surface area contributed by atoms with Gasteiger partial charge in [-0.25, -0.2) is 0 Å². The number of nitrogen functional groups attached to an aromatic ring is 1. The number of hydrogen-bond acceptors (Lipinski definition) is 2. The van der Waals surface area contributed by atoms with Crippen LogP contribution in [0.4, 0.5) is 5.69 Å². The van der Waals surface area contributed by atoms with E-state index in [9.17, 15) is 4.79 Å². The number of carbonyl (C=O) groups is 1. The Balaban J connectivity index is 2.15. The number of nitrogens with zero attached hydrogens (tertiary/aromatic N) is 1. The van der Waals surface area contributed by atoms with Gasteiger partial charge in [-0.2, -0.15) is 0 Å². The number of halogens is 1. The first-order chi connectivity index (χ1) is 10.1. The zero-order valence-electron chi connectivity index (χ0n) is 12.1. The molecule has 0 unspecified atom stereocenters. The van der Waals surface area contributed by atoms with Crippen molar-refractivity contribution in [2.24, 2.45) is 0 Å². The number of hydrogen-bond donors (Lipinski definition) is 1. The first-order valence-electron chi connectivity index (χ1n) is 6.99. The number of nitrogens with two attached hydrogens (primary N) is 1. The van der Waals surface area contributed by atoms with Gasteiger partial charge in [-0.05, 0) is 71.0 Å². The van der Waals surface area contributed by atoms with Crippen LogP contribution in [-0.2, 0) is 6.54 Å². The van der Waals surface area contributed by atoms with E-state index >= 15 is 0 Å². The van der Waals surface area contributed by atoms with Gasteiger partial charge in [-0.3, -0.25) is 4.79 Å². The van der Waals surface area contributed by atoms with E-state index in [1.165, 1.54) is 0 Å². The van der Waals surface area contributed by atoms with Crippen LogP contribution in [0.15, 0.2) is 48.5 Å². The minimum Gasteiger partial charge on any atom is -0.399 e. The number of carbonyl (C=O) groups excluding carboxylic acids is 1. The zero-order valence-corrected chi connectivity index (χ0v) is 14.2. The van der Waals surface area contributed by atoms with Crippen LogP contribution in [0.1, 0.15) is 29.3 Å². The lowest BCUT2D eigenvalue weighted by Crippen LogP contribution is -2.31. The molecule has 0 aromatic heterocycles. The lowest BCUT2D eigenvalue weighted by Gasteiger charge is -2.22. The van der Waals surface area contributed by atoms with Gasteiger partial charge in [-0.15, -0.1) is 0 Å². The summed E-state index contributed by atoms with van der Waals surface area (Å²) in [6.07, 6.45) is 0.936. The van der Waals surface area contributed by atoms with Crippen molar-refractivity contribution in [2.75, 3.05) is 12.3 Å². The van der Waals surface area contributed by atoms with Gasteiger partial charge >= 0.3 is 0 Å². The summed E-state index contributed by atoms with van der Waals surface area (Å²) >= 11 is 2.24. The molecule has 0 aliphatic rings. The van der Waals surface area contributed by atoms with Crippen LogP contribution in [0.25, 0.3) is 0 Å². The van der Waals surface area contributed by atoms with Gasteiger partial charge in [0.1, 0.15) is 0 Å². The third kappa shape index (κ3) is 4.46. The molecule has 0 saturated heterocycles. The summed E-state index contributed by atoms with van der Waals surface area (Å²) in [7, 11) is 0. The summed E-state index contributed by atoms with van der Waals surface area (Å²) in [6, 6.07) is 15.4. The maximum Gasteiger partial charge on any atom is 0.254 e. The Morgan fingerprint density at radius 2 is 1.71 bits per heavy atom. The molecular formula is C17H19IN2O. The molecule has 0 aliphatic carbocycles. The second-order valence-corrected chi connectivity index (χ2v) is 6.22. The second-order valence-electron chi connectivity index (χ2n) is 4.98. The van der Waals surface area contributed by atoms with Crippen molar-refractivity contribution in [1.82, 2.24) is 4.90 Å². The van der Waals surface area contributed by atoms with E-state index < -0.39 is 0 Å². The molecule has 4 heteroatoms. The smallest absolute Gasteiger partial charge is 0.254 e. The molecule has 0 radical (unpaired) electrons. The van der Waals surface area contributed by atoms with Crippen LogP contribution >= 0.6 is 22.6 Å². The fraction of sp³-hybridized carbons (Fsp3) is 0.235. The van der Waals surface area contributed by atoms with Crippen LogP contribution < -0.4 is 5.73 Å². The fourth-order valence-electron chi connectivity index (χ4n) is 2.14. The highest BCUT2D eigenvalue weighted by Crippen LogP contribution is 2.14. The maximum absolute atomic E-state index is 12.6. The Labute approximate surface area is 139 Å². The van der Waals surface area contributed by atoms with Gasteiger partial charge in [0.15, 0.2) is 0 Å². The van der Waals surface area contributed by atoms with Gasteiger partial charge in [0, 0.05) is 27.9 Å². The van der Waals surface area contributed by atoms with Gasteiger partial charge in [0.2, 0.25) is 0 Å². The zero-order chi connectivity index (χ0) is 15.2. The largest absolute Gasteiger partial charge is 0.399 e. The molecule has 2 aromatic carbocycles. The SMILES string of the molecule is CCCN(Cc1ccc(N)cc1)C(=O)c1ccc(I)cc1. The van der Waals surface area contributed by atoms with Crippen molar-refractivity contribution in [3.8, 4) is 0 Å². The Morgan fingerprint density at radius 1 is 1.10 bits per heavy atom. The van der Waals surface area contributed by atoms with E-state index in [-0.39, 0.29) is 5.91 Å². The van der Waals surface area contributed by atoms with Crippen LogP contribution in [-0.4, -0.2) is 17.4 Å². The minimum absolute atomic E-state index is 0.0741. The molecule has 0 bridgehead atoms. The first kappa shape index (κ1) is 15.8. The molecule has 1 amide bonds. The van der Waals surface area contributed by atoms with Gasteiger partial charge in [0.25, 0.3) is 5.91 Å². The molecule has 21 heavy (non-hydrogen) atoms. The molecule has 2 aromatic rings. The Morgan fingerprint density at radius 3 is 2.29 bits per heavy atom. The molecule has 3 nitrogen and oxygen atoms in total. The van der Waals surface area contributed by atoms with Crippen molar-refractivity contribution in [2.45, 2.75) is 19.9 Å². The Bertz CT molecular complexity index is 593. The predicted octanol–water partition coefficient (Wildman–Crippen LogP) is 3.93. The molecule has 0 fully saturated rings. The molecule has 2 N–H and O–H groups in total. The third-order valence-corrected chi connectivity index (χ3v) is 3.94. The van der Waals surface area contributed by atoms with E-state index in [4.69, 9.17) is 5.73 Å². The average molecular weight is 394 g/mol. The van der Waals surface area contributed by atoms with Crippen LogP contribution in [0.5, 0.6) is 0 Å². The number of benzene rings is 2. The normalized spacial score (nSPS) is 10.4. The highest BCUT2D eigenvalue weighted by Gasteiger charge is 2.15. The summed E-state index contributed by atoms with van der Waals surface area (Å²) in [5, 5.41) is 0. The highest BCUT2D eigenvalue weighted by atomic mass is 127. The van der Waals surface area contributed by atoms with Crippen molar-refractivity contribution < 1.29 is 4.79 Å². The number of rotatable bonds is 5. The van der Waals surface area contributed by atoms with Gasteiger partial charge < -0.3 is 10.6 Å². The van der Waals surface area contributed by atoms with E-state index in [1.807, 2.05) is 53.4 Å². The molecule has 0 saturated carbocycles. The lowest BCUT2D eigenvalue weighted by molar-refractivity contribution is 0.0743. The molecule has 0 heterocycles. The standard InChI is InChI=1S/C17H19IN2O/c1-2-11-20(12-13-3-9-16(19)10-4-13)17(21)14-5-7-15(18)8-6-14/h3-10H,2,11-12,19H2,1H3. The number of amides is 1. The molecule has 0 aliphatic heterocycles. The summed E-state index contributed by atoms with van der Waals surface area (Å²) < 4.78 is 1.13. The fourth-order valence-corrected chi connectivity index (χ4v) is 2.50. The molecule has 110 valence electrons. The predicted molar refractivity (Wildman–Crippen MR) is 95.0 cm³/mol. The van der Waals surface area contributed by atoms with Crippen molar-refractivity contribution >= 4 is 34.2 Å². The van der Waals surface area contributed by atoms with E-state index in [2.05, 4.69) is 29.5 Å². The first-order valence-corrected chi connectivity index (χ1v) is 8.07. The topological polar surface area (TPSA) is 46.3 Å². The minimum atomic E-state index is 0.0741. The van der Waals surface area contributed by atoms with E-state index in [1.54, 1.807) is 0 Å². The van der Waals surface area contributed by atoms with Crippen molar-refractivity contribution in [3.63, 3.8) is 0 Å².